The smallest absolute Gasteiger partial charge is 0.246 e. The highest BCUT2D eigenvalue weighted by Crippen LogP contribution is 2.50. The van der Waals surface area contributed by atoms with Crippen LogP contribution in [0.5, 0.6) is 5.75 Å². The molecule has 0 radical (unpaired) electrons. The van der Waals surface area contributed by atoms with E-state index in [1.807, 2.05) is 52.0 Å². The van der Waals surface area contributed by atoms with Crippen LogP contribution in [-0.4, -0.2) is 36.3 Å². The van der Waals surface area contributed by atoms with Crippen LogP contribution in [0, 0.1) is 12.3 Å². The molecule has 3 rings (SSSR count). The lowest BCUT2D eigenvalue weighted by Crippen LogP contribution is -2.74. The van der Waals surface area contributed by atoms with Crippen molar-refractivity contribution in [2.75, 3.05) is 19.0 Å². The SMILES string of the molecule is CCOC1CC(N)(C(=O)Nc2nc(-c3ccc(OC)cc3)c(C)s2)C1(C)C.Cl. The molecule has 1 aromatic heterocycles. The van der Waals surface area contributed by atoms with Crippen molar-refractivity contribution in [3.05, 3.63) is 29.1 Å². The first-order chi connectivity index (χ1) is 12.7. The first-order valence-electron chi connectivity index (χ1n) is 9.06. The van der Waals surface area contributed by atoms with Crippen molar-refractivity contribution in [1.82, 2.24) is 4.98 Å². The van der Waals surface area contributed by atoms with Gasteiger partial charge in [0.05, 0.1) is 18.9 Å². The van der Waals surface area contributed by atoms with E-state index in [0.29, 0.717) is 18.2 Å². The summed E-state index contributed by atoms with van der Waals surface area (Å²) in [4.78, 5) is 18.5. The van der Waals surface area contributed by atoms with Crippen molar-refractivity contribution in [3.8, 4) is 17.0 Å². The number of carbonyl (C=O) groups is 1. The van der Waals surface area contributed by atoms with Crippen molar-refractivity contribution in [1.29, 1.82) is 0 Å². The fourth-order valence-corrected chi connectivity index (χ4v) is 4.33. The lowest BCUT2D eigenvalue weighted by molar-refractivity contribution is -0.166. The van der Waals surface area contributed by atoms with Gasteiger partial charge in [0, 0.05) is 28.9 Å². The van der Waals surface area contributed by atoms with Gasteiger partial charge in [-0.15, -0.1) is 23.7 Å². The molecule has 0 aliphatic heterocycles. The number of anilines is 1. The minimum absolute atomic E-state index is 0. The maximum Gasteiger partial charge on any atom is 0.246 e. The second-order valence-electron chi connectivity index (χ2n) is 7.45. The molecule has 2 atom stereocenters. The Morgan fingerprint density at radius 3 is 2.54 bits per heavy atom. The number of ether oxygens (including phenoxy) is 2. The van der Waals surface area contributed by atoms with Gasteiger partial charge in [0.25, 0.3) is 0 Å². The van der Waals surface area contributed by atoms with Gasteiger partial charge in [-0.25, -0.2) is 4.98 Å². The molecule has 0 bridgehead atoms. The average molecular weight is 426 g/mol. The molecule has 0 saturated heterocycles. The van der Waals surface area contributed by atoms with Gasteiger partial charge < -0.3 is 20.5 Å². The molecular formula is C20H28ClN3O3S. The summed E-state index contributed by atoms with van der Waals surface area (Å²) in [5.41, 5.74) is 6.88. The highest BCUT2D eigenvalue weighted by atomic mass is 35.5. The number of rotatable bonds is 6. The number of nitrogens with one attached hydrogen (secondary N) is 1. The second kappa shape index (κ2) is 8.37. The summed E-state index contributed by atoms with van der Waals surface area (Å²) in [5.74, 6) is 0.583. The van der Waals surface area contributed by atoms with E-state index in [-0.39, 0.29) is 24.4 Å². The number of hydrogen-bond donors (Lipinski definition) is 2. The van der Waals surface area contributed by atoms with E-state index < -0.39 is 11.0 Å². The largest absolute Gasteiger partial charge is 0.497 e. The third kappa shape index (κ3) is 3.76. The first kappa shape index (κ1) is 22.6. The standard InChI is InChI=1S/C20H27N3O3S.ClH/c1-6-26-15-11-20(21,19(15,3)4)17(24)23-18-22-16(12(2)27-18)13-7-9-14(25-5)10-8-13;/h7-10,15H,6,11,21H2,1-5H3,(H,22,23,24);1H. The Labute approximate surface area is 176 Å². The fraction of sp³-hybridized carbons (Fsp3) is 0.500. The summed E-state index contributed by atoms with van der Waals surface area (Å²) in [6, 6.07) is 7.70. The normalized spacial score (nSPS) is 22.7. The Morgan fingerprint density at radius 2 is 2.00 bits per heavy atom. The van der Waals surface area contributed by atoms with Gasteiger partial charge in [-0.05, 0) is 38.1 Å². The van der Waals surface area contributed by atoms with Crippen LogP contribution < -0.4 is 15.8 Å². The van der Waals surface area contributed by atoms with E-state index in [1.165, 1.54) is 11.3 Å². The van der Waals surface area contributed by atoms with Gasteiger partial charge in [-0.3, -0.25) is 4.79 Å². The zero-order chi connectivity index (χ0) is 19.8. The van der Waals surface area contributed by atoms with E-state index in [9.17, 15) is 4.79 Å². The fourth-order valence-electron chi connectivity index (χ4n) is 3.50. The van der Waals surface area contributed by atoms with Gasteiger partial charge >= 0.3 is 0 Å². The molecule has 28 heavy (non-hydrogen) atoms. The molecule has 3 N–H and O–H groups in total. The van der Waals surface area contributed by atoms with Crippen molar-refractivity contribution in [2.45, 2.75) is 45.8 Å². The monoisotopic (exact) mass is 425 g/mol. The van der Waals surface area contributed by atoms with Crippen molar-refractivity contribution < 1.29 is 14.3 Å². The van der Waals surface area contributed by atoms with Gasteiger partial charge in [0.1, 0.15) is 11.3 Å². The highest BCUT2D eigenvalue weighted by Gasteiger charge is 2.63. The van der Waals surface area contributed by atoms with Crippen molar-refractivity contribution in [3.63, 3.8) is 0 Å². The molecule has 2 unspecified atom stereocenters. The number of aromatic nitrogens is 1. The van der Waals surface area contributed by atoms with E-state index in [0.717, 1.165) is 21.9 Å². The van der Waals surface area contributed by atoms with Gasteiger partial charge in [0.15, 0.2) is 5.13 Å². The van der Waals surface area contributed by atoms with Crippen LogP contribution in [0.2, 0.25) is 0 Å². The number of aryl methyl sites for hydroxylation is 1. The Kier molecular flexibility index (Phi) is 6.76. The maximum atomic E-state index is 12.9. The zero-order valence-electron chi connectivity index (χ0n) is 16.9. The van der Waals surface area contributed by atoms with Crippen LogP contribution in [-0.2, 0) is 9.53 Å². The van der Waals surface area contributed by atoms with E-state index >= 15 is 0 Å². The molecule has 2 aromatic rings. The van der Waals surface area contributed by atoms with Gasteiger partial charge in [-0.1, -0.05) is 13.8 Å². The number of nitrogens with zero attached hydrogens (tertiary/aromatic N) is 1. The molecule has 1 aliphatic rings. The molecular weight excluding hydrogens is 398 g/mol. The third-order valence-electron chi connectivity index (χ3n) is 5.62. The minimum Gasteiger partial charge on any atom is -0.497 e. The predicted octanol–water partition coefficient (Wildman–Crippen LogP) is 4.02. The summed E-state index contributed by atoms with van der Waals surface area (Å²) < 4.78 is 10.9. The number of methoxy groups -OCH3 is 1. The molecule has 154 valence electrons. The molecule has 6 nitrogen and oxygen atoms in total. The first-order valence-corrected chi connectivity index (χ1v) is 9.88. The van der Waals surface area contributed by atoms with Crippen LogP contribution in [0.4, 0.5) is 5.13 Å². The zero-order valence-corrected chi connectivity index (χ0v) is 18.5. The van der Waals surface area contributed by atoms with Crippen molar-refractivity contribution >= 4 is 34.8 Å². The number of halogens is 1. The number of thiazole rings is 1. The molecule has 1 aromatic carbocycles. The van der Waals surface area contributed by atoms with Gasteiger partial charge in [0.2, 0.25) is 5.91 Å². The summed E-state index contributed by atoms with van der Waals surface area (Å²) in [5, 5.41) is 3.48. The minimum atomic E-state index is -0.966. The van der Waals surface area contributed by atoms with Gasteiger partial charge in [-0.2, -0.15) is 0 Å². The van der Waals surface area contributed by atoms with E-state index in [2.05, 4.69) is 10.3 Å². The number of hydrogen-bond acceptors (Lipinski definition) is 6. The molecule has 1 heterocycles. The van der Waals surface area contributed by atoms with E-state index in [1.54, 1.807) is 7.11 Å². The number of benzene rings is 1. The molecule has 1 amide bonds. The number of carbonyl (C=O) groups excluding carboxylic acids is 1. The van der Waals surface area contributed by atoms with Crippen LogP contribution in [0.1, 0.15) is 32.1 Å². The average Bonchev–Trinajstić information content (AvgIpc) is 3.01. The van der Waals surface area contributed by atoms with Crippen LogP contribution in [0.3, 0.4) is 0 Å². The second-order valence-corrected chi connectivity index (χ2v) is 8.65. The predicted molar refractivity (Wildman–Crippen MR) is 115 cm³/mol. The highest BCUT2D eigenvalue weighted by molar-refractivity contribution is 7.16. The molecule has 1 fully saturated rings. The summed E-state index contributed by atoms with van der Waals surface area (Å²) >= 11 is 1.45. The summed E-state index contributed by atoms with van der Waals surface area (Å²) in [6.45, 7) is 8.51. The molecule has 1 aliphatic carbocycles. The lowest BCUT2D eigenvalue weighted by atomic mass is 9.54. The summed E-state index contributed by atoms with van der Waals surface area (Å²) in [7, 11) is 1.64. The Hall–Kier alpha value is -1.67. The Morgan fingerprint density at radius 1 is 1.36 bits per heavy atom. The Bertz CT molecular complexity index is 838. The van der Waals surface area contributed by atoms with E-state index in [4.69, 9.17) is 15.2 Å². The van der Waals surface area contributed by atoms with Crippen molar-refractivity contribution in [2.24, 2.45) is 11.1 Å². The van der Waals surface area contributed by atoms with Crippen LogP contribution in [0.25, 0.3) is 11.3 Å². The van der Waals surface area contributed by atoms with Crippen LogP contribution in [0.15, 0.2) is 24.3 Å². The maximum absolute atomic E-state index is 12.9. The topological polar surface area (TPSA) is 86.5 Å². The third-order valence-corrected chi connectivity index (χ3v) is 6.50. The Balaban J connectivity index is 0.00000280. The lowest BCUT2D eigenvalue weighted by Gasteiger charge is -2.57. The van der Waals surface area contributed by atoms with Crippen LogP contribution >= 0.6 is 23.7 Å². The number of nitrogens with two attached hydrogens (primary N) is 1. The molecule has 8 heteroatoms. The summed E-state index contributed by atoms with van der Waals surface area (Å²) in [6.07, 6.45) is 0.501. The quantitative estimate of drug-likeness (QED) is 0.729. The molecule has 1 saturated carbocycles. The number of amides is 1. The molecule has 0 spiro atoms.